The van der Waals surface area contributed by atoms with E-state index in [1.54, 1.807) is 11.2 Å². The lowest BCUT2D eigenvalue weighted by molar-refractivity contribution is -0.116. The van der Waals surface area contributed by atoms with E-state index in [1.807, 2.05) is 50.2 Å². The van der Waals surface area contributed by atoms with Gasteiger partial charge in [0, 0.05) is 5.69 Å². The number of amides is 1. The van der Waals surface area contributed by atoms with Gasteiger partial charge in [-0.25, -0.2) is 0 Å². The zero-order valence-corrected chi connectivity index (χ0v) is 17.1. The first-order valence-electron chi connectivity index (χ1n) is 8.48. The number of anilines is 1. The smallest absolute Gasteiger partial charge is 0.252 e. The molecule has 0 saturated carbocycles. The molecule has 1 N–H and O–H groups in total. The van der Waals surface area contributed by atoms with Crippen LogP contribution in [0.15, 0.2) is 47.1 Å². The Morgan fingerprint density at radius 1 is 1.31 bits per heavy atom. The van der Waals surface area contributed by atoms with Crippen molar-refractivity contribution in [1.29, 1.82) is 0 Å². The SMILES string of the molecule is CC(C)C(O)c1ccc(N2C(=O)C(Br)SC2COCc2ccco2)cc1. The predicted molar refractivity (Wildman–Crippen MR) is 106 cm³/mol. The number of rotatable bonds is 7. The molecule has 1 aliphatic heterocycles. The molecule has 1 saturated heterocycles. The molecule has 2 aromatic rings. The minimum absolute atomic E-state index is 0.00115. The zero-order chi connectivity index (χ0) is 18.7. The maximum absolute atomic E-state index is 12.6. The number of aliphatic hydroxyl groups is 1. The molecule has 26 heavy (non-hydrogen) atoms. The minimum atomic E-state index is -0.510. The Balaban J connectivity index is 1.69. The van der Waals surface area contributed by atoms with Crippen LogP contribution in [0.1, 0.15) is 31.3 Å². The second-order valence-corrected chi connectivity index (χ2v) is 9.30. The number of carbonyl (C=O) groups is 1. The van der Waals surface area contributed by atoms with E-state index in [4.69, 9.17) is 9.15 Å². The highest BCUT2D eigenvalue weighted by Gasteiger charge is 2.40. The second kappa shape index (κ2) is 8.61. The van der Waals surface area contributed by atoms with Crippen molar-refractivity contribution in [3.8, 4) is 0 Å². The molecule has 0 aliphatic carbocycles. The lowest BCUT2D eigenvalue weighted by atomic mass is 9.99. The minimum Gasteiger partial charge on any atom is -0.467 e. The molecule has 2 heterocycles. The number of furan rings is 1. The molecule has 1 aromatic heterocycles. The first-order valence-corrected chi connectivity index (χ1v) is 10.3. The van der Waals surface area contributed by atoms with Crippen LogP contribution in [0.4, 0.5) is 5.69 Å². The fourth-order valence-electron chi connectivity index (χ4n) is 2.79. The number of halogens is 1. The highest BCUT2D eigenvalue weighted by atomic mass is 79.9. The Labute approximate surface area is 165 Å². The normalized spacial score (nSPS) is 21.6. The number of hydrogen-bond acceptors (Lipinski definition) is 5. The molecule has 1 amide bonds. The van der Waals surface area contributed by atoms with Gasteiger partial charge in [-0.1, -0.05) is 41.9 Å². The zero-order valence-electron chi connectivity index (χ0n) is 14.7. The van der Waals surface area contributed by atoms with E-state index >= 15 is 0 Å². The fraction of sp³-hybridized carbons (Fsp3) is 0.421. The summed E-state index contributed by atoms with van der Waals surface area (Å²) in [7, 11) is 0. The molecule has 3 unspecified atom stereocenters. The molecule has 0 spiro atoms. The van der Waals surface area contributed by atoms with E-state index in [-0.39, 0.29) is 21.4 Å². The summed E-state index contributed by atoms with van der Waals surface area (Å²) >= 11 is 4.94. The number of nitrogens with zero attached hydrogens (tertiary/aromatic N) is 1. The molecular formula is C19H22BrNO4S. The number of aliphatic hydroxyl groups excluding tert-OH is 1. The van der Waals surface area contributed by atoms with Gasteiger partial charge in [0.1, 0.15) is 21.9 Å². The molecule has 0 bridgehead atoms. The van der Waals surface area contributed by atoms with Crippen molar-refractivity contribution in [2.24, 2.45) is 5.92 Å². The van der Waals surface area contributed by atoms with Crippen LogP contribution in [-0.4, -0.2) is 27.2 Å². The molecule has 0 radical (unpaired) electrons. The van der Waals surface area contributed by atoms with Gasteiger partial charge in [-0.3, -0.25) is 9.69 Å². The van der Waals surface area contributed by atoms with Crippen molar-refractivity contribution < 1.29 is 19.1 Å². The van der Waals surface area contributed by atoms with Crippen molar-refractivity contribution in [2.45, 2.75) is 36.1 Å². The van der Waals surface area contributed by atoms with E-state index in [9.17, 15) is 9.90 Å². The van der Waals surface area contributed by atoms with E-state index in [0.717, 1.165) is 17.0 Å². The number of carbonyl (C=O) groups excluding carboxylic acids is 1. The van der Waals surface area contributed by atoms with E-state index in [1.165, 1.54) is 11.8 Å². The van der Waals surface area contributed by atoms with Gasteiger partial charge in [0.05, 0.1) is 19.0 Å². The van der Waals surface area contributed by atoms with Crippen molar-refractivity contribution in [3.05, 3.63) is 54.0 Å². The van der Waals surface area contributed by atoms with Crippen molar-refractivity contribution in [2.75, 3.05) is 11.5 Å². The molecule has 3 atom stereocenters. The summed E-state index contributed by atoms with van der Waals surface area (Å²) in [6, 6.07) is 11.2. The van der Waals surface area contributed by atoms with Crippen molar-refractivity contribution in [1.82, 2.24) is 0 Å². The third-order valence-electron chi connectivity index (χ3n) is 4.23. The summed E-state index contributed by atoms with van der Waals surface area (Å²) in [6.07, 6.45) is 1.10. The van der Waals surface area contributed by atoms with Gasteiger partial charge in [0.25, 0.3) is 5.91 Å². The maximum Gasteiger partial charge on any atom is 0.252 e. The topological polar surface area (TPSA) is 62.9 Å². The van der Waals surface area contributed by atoms with Crippen LogP contribution in [0.2, 0.25) is 0 Å². The van der Waals surface area contributed by atoms with Gasteiger partial charge < -0.3 is 14.3 Å². The Hall–Kier alpha value is -1.28. The predicted octanol–water partition coefficient (Wildman–Crippen LogP) is 4.31. The third-order valence-corrected chi connectivity index (χ3v) is 6.37. The molecule has 7 heteroatoms. The van der Waals surface area contributed by atoms with Gasteiger partial charge in [0.15, 0.2) is 0 Å². The van der Waals surface area contributed by atoms with Gasteiger partial charge in [-0.05, 0) is 35.7 Å². The number of ether oxygens (including phenoxy) is 1. The molecule has 140 valence electrons. The molecule has 3 rings (SSSR count). The molecule has 5 nitrogen and oxygen atoms in total. The Morgan fingerprint density at radius 3 is 2.65 bits per heavy atom. The van der Waals surface area contributed by atoms with Gasteiger partial charge in [-0.2, -0.15) is 0 Å². The Morgan fingerprint density at radius 2 is 2.04 bits per heavy atom. The van der Waals surface area contributed by atoms with Crippen molar-refractivity contribution in [3.63, 3.8) is 0 Å². The van der Waals surface area contributed by atoms with Crippen molar-refractivity contribution >= 4 is 39.3 Å². The van der Waals surface area contributed by atoms with Gasteiger partial charge in [-0.15, -0.1) is 11.8 Å². The number of hydrogen-bond donors (Lipinski definition) is 1. The van der Waals surface area contributed by atoms with Crippen LogP contribution in [0.3, 0.4) is 0 Å². The number of thioether (sulfide) groups is 1. The van der Waals surface area contributed by atoms with Crippen LogP contribution < -0.4 is 4.90 Å². The highest BCUT2D eigenvalue weighted by Crippen LogP contribution is 2.39. The quantitative estimate of drug-likeness (QED) is 0.650. The molecule has 1 fully saturated rings. The fourth-order valence-corrected chi connectivity index (χ4v) is 4.78. The van der Waals surface area contributed by atoms with E-state index in [0.29, 0.717) is 13.2 Å². The summed E-state index contributed by atoms with van der Waals surface area (Å²) in [4.78, 5) is 14.3. The standard InChI is InChI=1S/C19H22BrNO4S/c1-12(2)17(22)13-5-7-14(8-6-13)21-16(26-18(20)19(21)23)11-24-10-15-4-3-9-25-15/h3-9,12,16-18,22H,10-11H2,1-2H3. The van der Waals surface area contributed by atoms with E-state index in [2.05, 4.69) is 15.9 Å². The molecule has 1 aromatic carbocycles. The summed E-state index contributed by atoms with van der Waals surface area (Å²) in [6.45, 7) is 4.72. The van der Waals surface area contributed by atoms with Gasteiger partial charge >= 0.3 is 0 Å². The van der Waals surface area contributed by atoms with Crippen LogP contribution in [0, 0.1) is 5.92 Å². The average Bonchev–Trinajstić information content (AvgIpc) is 3.23. The maximum atomic E-state index is 12.6. The Kier molecular flexibility index (Phi) is 6.45. The summed E-state index contributed by atoms with van der Waals surface area (Å²) in [5, 5.41) is 10.1. The second-order valence-electron chi connectivity index (χ2n) is 6.49. The van der Waals surface area contributed by atoms with Crippen LogP contribution in [-0.2, 0) is 16.1 Å². The lowest BCUT2D eigenvalue weighted by Crippen LogP contribution is -2.36. The Bertz CT molecular complexity index is 720. The highest BCUT2D eigenvalue weighted by molar-refractivity contribution is 9.11. The number of benzene rings is 1. The lowest BCUT2D eigenvalue weighted by Gasteiger charge is -2.24. The molecular weight excluding hydrogens is 418 g/mol. The van der Waals surface area contributed by atoms with Gasteiger partial charge in [0.2, 0.25) is 0 Å². The average molecular weight is 440 g/mol. The summed E-state index contributed by atoms with van der Waals surface area (Å²) < 4.78 is 10.7. The third kappa shape index (κ3) is 4.34. The van der Waals surface area contributed by atoms with Crippen LogP contribution in [0.25, 0.3) is 0 Å². The van der Waals surface area contributed by atoms with Crippen LogP contribution >= 0.6 is 27.7 Å². The number of alkyl halides is 1. The van der Waals surface area contributed by atoms with Crippen LogP contribution in [0.5, 0.6) is 0 Å². The largest absolute Gasteiger partial charge is 0.467 e. The van der Waals surface area contributed by atoms with E-state index < -0.39 is 6.10 Å². The molecule has 1 aliphatic rings. The first-order chi connectivity index (χ1) is 12.5. The summed E-state index contributed by atoms with van der Waals surface area (Å²) in [5.74, 6) is 0.895. The first kappa shape index (κ1) is 19.5. The summed E-state index contributed by atoms with van der Waals surface area (Å²) in [5.41, 5.74) is 1.65. The monoisotopic (exact) mass is 439 g/mol.